The van der Waals surface area contributed by atoms with Crippen molar-refractivity contribution in [1.29, 1.82) is 0 Å². The maximum absolute atomic E-state index is 13.1. The second-order valence-corrected chi connectivity index (χ2v) is 8.36. The monoisotopic (exact) mass is 390 g/mol. The van der Waals surface area contributed by atoms with Crippen molar-refractivity contribution in [3.63, 3.8) is 0 Å². The summed E-state index contributed by atoms with van der Waals surface area (Å²) in [5.74, 6) is 0.183. The Labute approximate surface area is 158 Å². The van der Waals surface area contributed by atoms with Gasteiger partial charge < -0.3 is 10.1 Å². The molecule has 0 aliphatic carbocycles. The van der Waals surface area contributed by atoms with Gasteiger partial charge in [-0.05, 0) is 43.5 Å². The number of hydrogen-bond acceptors (Lipinski definition) is 6. The molecule has 1 aromatic heterocycles. The fourth-order valence-electron chi connectivity index (χ4n) is 3.10. The van der Waals surface area contributed by atoms with Crippen LogP contribution in [0.4, 0.5) is 5.69 Å². The first kappa shape index (κ1) is 19.2. The number of piperidine rings is 1. The van der Waals surface area contributed by atoms with Crippen LogP contribution in [0.15, 0.2) is 41.7 Å². The average Bonchev–Trinajstić information content (AvgIpc) is 2.62. The predicted molar refractivity (Wildman–Crippen MR) is 99.9 cm³/mol. The molecule has 1 atom stereocenters. The van der Waals surface area contributed by atoms with E-state index in [9.17, 15) is 13.2 Å². The molecule has 0 bridgehead atoms. The molecule has 1 saturated heterocycles. The Morgan fingerprint density at radius 1 is 1.33 bits per heavy atom. The van der Waals surface area contributed by atoms with Crippen molar-refractivity contribution in [3.05, 3.63) is 42.4 Å². The van der Waals surface area contributed by atoms with E-state index in [4.69, 9.17) is 4.74 Å². The van der Waals surface area contributed by atoms with Crippen molar-refractivity contribution in [2.24, 2.45) is 0 Å². The summed E-state index contributed by atoms with van der Waals surface area (Å²) in [4.78, 5) is 19.4. The van der Waals surface area contributed by atoms with Crippen LogP contribution in [0, 0.1) is 6.92 Å². The highest BCUT2D eigenvalue weighted by atomic mass is 32.2. The third-order valence-electron chi connectivity index (χ3n) is 4.28. The molecule has 1 amide bonds. The zero-order valence-corrected chi connectivity index (χ0v) is 16.1. The van der Waals surface area contributed by atoms with E-state index in [1.54, 1.807) is 25.3 Å². The molecule has 1 aliphatic heterocycles. The Morgan fingerprint density at radius 3 is 2.81 bits per heavy atom. The summed E-state index contributed by atoms with van der Waals surface area (Å²) in [7, 11) is -3.66. The predicted octanol–water partition coefficient (Wildman–Crippen LogP) is 1.98. The van der Waals surface area contributed by atoms with Crippen molar-refractivity contribution in [3.8, 4) is 5.88 Å². The topological polar surface area (TPSA) is 101 Å². The van der Waals surface area contributed by atoms with Gasteiger partial charge in [-0.2, -0.15) is 4.31 Å². The van der Waals surface area contributed by atoms with Crippen LogP contribution in [-0.4, -0.2) is 47.8 Å². The number of amides is 1. The van der Waals surface area contributed by atoms with E-state index in [1.807, 2.05) is 0 Å². The Balaban J connectivity index is 1.77. The normalized spacial score (nSPS) is 18.1. The summed E-state index contributed by atoms with van der Waals surface area (Å²) in [6, 6.07) is 4.79. The van der Waals surface area contributed by atoms with Gasteiger partial charge in [0, 0.05) is 31.5 Å². The summed E-state index contributed by atoms with van der Waals surface area (Å²) >= 11 is 0. The van der Waals surface area contributed by atoms with E-state index in [-0.39, 0.29) is 23.5 Å². The highest BCUT2D eigenvalue weighted by molar-refractivity contribution is 7.89. The van der Waals surface area contributed by atoms with Gasteiger partial charge in [-0.1, -0.05) is 0 Å². The van der Waals surface area contributed by atoms with Crippen molar-refractivity contribution in [1.82, 2.24) is 14.3 Å². The van der Waals surface area contributed by atoms with Crippen LogP contribution in [0.1, 0.15) is 25.3 Å². The van der Waals surface area contributed by atoms with E-state index >= 15 is 0 Å². The lowest BCUT2D eigenvalue weighted by atomic mass is 10.1. The average molecular weight is 390 g/mol. The standard InChI is InChI=1S/C18H22N4O4S/c1-13-10-15(21-14(2)23)5-6-17(13)27(24,25)22-9-3-4-16(12-22)26-18-11-19-7-8-20-18/h5-8,10-11,16H,3-4,9,12H2,1-2H3,(H,21,23). The van der Waals surface area contributed by atoms with Crippen LogP contribution >= 0.6 is 0 Å². The molecule has 0 saturated carbocycles. The summed E-state index contributed by atoms with van der Waals surface area (Å²) in [6.45, 7) is 3.82. The first-order chi connectivity index (χ1) is 12.9. The zero-order valence-electron chi connectivity index (χ0n) is 15.3. The minimum atomic E-state index is -3.66. The summed E-state index contributed by atoms with van der Waals surface area (Å²) in [5, 5.41) is 2.66. The van der Waals surface area contributed by atoms with Gasteiger partial charge in [0.25, 0.3) is 0 Å². The lowest BCUT2D eigenvalue weighted by Crippen LogP contribution is -2.44. The summed E-state index contributed by atoms with van der Waals surface area (Å²) in [5.41, 5.74) is 1.15. The van der Waals surface area contributed by atoms with Crippen molar-refractivity contribution in [2.45, 2.75) is 37.7 Å². The van der Waals surface area contributed by atoms with Gasteiger partial charge in [0.15, 0.2) is 0 Å². The maximum atomic E-state index is 13.1. The molecular formula is C18H22N4O4S. The SMILES string of the molecule is CC(=O)Nc1ccc(S(=O)(=O)N2CCCC(Oc3cnccn3)C2)c(C)c1. The number of carbonyl (C=O) groups is 1. The van der Waals surface area contributed by atoms with E-state index in [0.717, 1.165) is 6.42 Å². The van der Waals surface area contributed by atoms with Crippen molar-refractivity contribution >= 4 is 21.6 Å². The third kappa shape index (κ3) is 4.61. The minimum Gasteiger partial charge on any atom is -0.472 e. The molecule has 1 N–H and O–H groups in total. The first-order valence-electron chi connectivity index (χ1n) is 8.67. The number of sulfonamides is 1. The lowest BCUT2D eigenvalue weighted by molar-refractivity contribution is -0.114. The van der Waals surface area contributed by atoms with Crippen molar-refractivity contribution in [2.75, 3.05) is 18.4 Å². The fraction of sp³-hybridized carbons (Fsp3) is 0.389. The Hall–Kier alpha value is -2.52. The quantitative estimate of drug-likeness (QED) is 0.838. The summed E-state index contributed by atoms with van der Waals surface area (Å²) < 4.78 is 33.4. The molecule has 144 valence electrons. The number of aryl methyl sites for hydroxylation is 1. The zero-order chi connectivity index (χ0) is 19.4. The second-order valence-electron chi connectivity index (χ2n) is 6.45. The van der Waals surface area contributed by atoms with Gasteiger partial charge in [-0.15, -0.1) is 0 Å². The van der Waals surface area contributed by atoms with Crippen LogP contribution in [0.25, 0.3) is 0 Å². The van der Waals surface area contributed by atoms with Crippen molar-refractivity contribution < 1.29 is 17.9 Å². The maximum Gasteiger partial charge on any atom is 0.243 e. The molecule has 8 nitrogen and oxygen atoms in total. The van der Waals surface area contributed by atoms with Gasteiger partial charge in [-0.3, -0.25) is 9.78 Å². The Kier molecular flexibility index (Phi) is 5.71. The number of nitrogens with zero attached hydrogens (tertiary/aromatic N) is 3. The lowest BCUT2D eigenvalue weighted by Gasteiger charge is -2.32. The largest absolute Gasteiger partial charge is 0.472 e. The van der Waals surface area contributed by atoms with E-state index in [1.165, 1.54) is 29.7 Å². The number of anilines is 1. The molecule has 0 spiro atoms. The van der Waals surface area contributed by atoms with E-state index in [0.29, 0.717) is 30.1 Å². The van der Waals surface area contributed by atoms with Gasteiger partial charge in [0.05, 0.1) is 17.6 Å². The molecule has 3 rings (SSSR count). The molecule has 27 heavy (non-hydrogen) atoms. The van der Waals surface area contributed by atoms with Gasteiger partial charge in [0.2, 0.25) is 21.8 Å². The number of hydrogen-bond donors (Lipinski definition) is 1. The molecule has 9 heteroatoms. The molecule has 1 aromatic carbocycles. The van der Waals surface area contributed by atoms with Crippen LogP contribution < -0.4 is 10.1 Å². The van der Waals surface area contributed by atoms with E-state index < -0.39 is 10.0 Å². The highest BCUT2D eigenvalue weighted by Gasteiger charge is 2.32. The number of aromatic nitrogens is 2. The fourth-order valence-corrected chi connectivity index (χ4v) is 4.81. The number of carbonyl (C=O) groups excluding carboxylic acids is 1. The third-order valence-corrected chi connectivity index (χ3v) is 6.31. The number of ether oxygens (including phenoxy) is 1. The molecular weight excluding hydrogens is 368 g/mol. The van der Waals surface area contributed by atoms with Crippen LogP contribution in [0.2, 0.25) is 0 Å². The molecule has 0 radical (unpaired) electrons. The Morgan fingerprint density at radius 2 is 2.15 bits per heavy atom. The number of benzene rings is 1. The summed E-state index contributed by atoms with van der Waals surface area (Å²) in [6.07, 6.45) is 5.78. The van der Waals surface area contributed by atoms with Crippen LogP contribution in [-0.2, 0) is 14.8 Å². The number of rotatable bonds is 5. The smallest absolute Gasteiger partial charge is 0.243 e. The second kappa shape index (κ2) is 8.01. The van der Waals surface area contributed by atoms with Gasteiger partial charge in [-0.25, -0.2) is 13.4 Å². The van der Waals surface area contributed by atoms with Gasteiger partial charge in [0.1, 0.15) is 6.10 Å². The molecule has 1 fully saturated rings. The molecule has 2 heterocycles. The first-order valence-corrected chi connectivity index (χ1v) is 10.1. The van der Waals surface area contributed by atoms with E-state index in [2.05, 4.69) is 15.3 Å². The minimum absolute atomic E-state index is 0.204. The molecule has 2 aromatic rings. The molecule has 1 aliphatic rings. The van der Waals surface area contributed by atoms with Crippen LogP contribution in [0.3, 0.4) is 0 Å². The number of nitrogens with one attached hydrogen (secondary N) is 1. The van der Waals surface area contributed by atoms with Crippen LogP contribution in [0.5, 0.6) is 5.88 Å². The Bertz CT molecular complexity index is 918. The molecule has 1 unspecified atom stereocenters. The highest BCUT2D eigenvalue weighted by Crippen LogP contribution is 2.26. The van der Waals surface area contributed by atoms with Gasteiger partial charge >= 0.3 is 0 Å².